The maximum Gasteiger partial charge on any atom is 0.332 e. The fourth-order valence-corrected chi connectivity index (χ4v) is 5.02. The highest BCUT2D eigenvalue weighted by molar-refractivity contribution is 7.89. The molecule has 1 aliphatic heterocycles. The molecule has 2 aromatic rings. The van der Waals surface area contributed by atoms with Crippen molar-refractivity contribution in [2.45, 2.75) is 44.7 Å². The molecule has 7 nitrogen and oxygen atoms in total. The number of amides is 3. The van der Waals surface area contributed by atoms with Crippen LogP contribution >= 0.6 is 11.6 Å². The number of carbonyl (C=O) groups excluding carboxylic acids is 2. The minimum atomic E-state index is -3.83. The van der Waals surface area contributed by atoms with Crippen LogP contribution in [-0.4, -0.2) is 37.3 Å². The van der Waals surface area contributed by atoms with E-state index in [1.165, 1.54) is 11.0 Å². The van der Waals surface area contributed by atoms with E-state index >= 15 is 0 Å². The predicted molar refractivity (Wildman–Crippen MR) is 116 cm³/mol. The topological polar surface area (TPSA) is 86.8 Å². The van der Waals surface area contributed by atoms with E-state index in [0.717, 1.165) is 10.5 Å². The van der Waals surface area contributed by atoms with E-state index in [1.807, 2.05) is 0 Å². The molecule has 30 heavy (non-hydrogen) atoms. The summed E-state index contributed by atoms with van der Waals surface area (Å²) < 4.78 is 28.2. The van der Waals surface area contributed by atoms with Crippen LogP contribution in [0.25, 0.3) is 0 Å². The summed E-state index contributed by atoms with van der Waals surface area (Å²) in [5, 5.41) is 0.585. The van der Waals surface area contributed by atoms with E-state index in [4.69, 9.17) is 11.6 Å². The molecule has 1 N–H and O–H groups in total. The summed E-state index contributed by atoms with van der Waals surface area (Å²) in [5.41, 5.74) is 0.913. The Bertz CT molecular complexity index is 1090. The number of hydrogen-bond donors (Lipinski definition) is 1. The van der Waals surface area contributed by atoms with E-state index in [1.54, 1.807) is 64.1 Å². The van der Waals surface area contributed by atoms with Crippen molar-refractivity contribution in [2.75, 3.05) is 11.4 Å². The zero-order valence-electron chi connectivity index (χ0n) is 17.3. The Morgan fingerprint density at radius 1 is 1.07 bits per heavy atom. The molecule has 0 saturated carbocycles. The summed E-state index contributed by atoms with van der Waals surface area (Å²) in [7, 11) is -3.83. The van der Waals surface area contributed by atoms with Crippen molar-refractivity contribution >= 4 is 39.2 Å². The lowest BCUT2D eigenvalue weighted by Crippen LogP contribution is -2.40. The zero-order chi connectivity index (χ0) is 22.3. The van der Waals surface area contributed by atoms with Gasteiger partial charge in [-0.1, -0.05) is 29.8 Å². The van der Waals surface area contributed by atoms with Crippen molar-refractivity contribution in [3.8, 4) is 0 Å². The largest absolute Gasteiger partial charge is 0.332 e. The second-order valence-electron chi connectivity index (χ2n) is 8.30. The molecule has 0 aliphatic carbocycles. The third kappa shape index (κ3) is 4.83. The van der Waals surface area contributed by atoms with Gasteiger partial charge in [0.2, 0.25) is 10.0 Å². The molecular formula is C21H24ClN3O4S. The fourth-order valence-electron chi connectivity index (χ4n) is 3.21. The van der Waals surface area contributed by atoms with Crippen LogP contribution in [0.3, 0.4) is 0 Å². The van der Waals surface area contributed by atoms with E-state index in [9.17, 15) is 18.0 Å². The van der Waals surface area contributed by atoms with Gasteiger partial charge in [-0.05, 0) is 63.1 Å². The number of carbonyl (C=O) groups is 2. The fraction of sp³-hybridized carbons (Fsp3) is 0.333. The number of imide groups is 1. The third-order valence-corrected chi connectivity index (χ3v) is 6.64. The molecule has 0 spiro atoms. The molecule has 0 radical (unpaired) electrons. The molecule has 1 fully saturated rings. The average molecular weight is 450 g/mol. The van der Waals surface area contributed by atoms with Crippen LogP contribution < -0.4 is 9.62 Å². The number of aryl methyl sites for hydroxylation is 1. The lowest BCUT2D eigenvalue weighted by Gasteiger charge is -2.22. The van der Waals surface area contributed by atoms with Crippen LogP contribution in [0.2, 0.25) is 5.02 Å². The van der Waals surface area contributed by atoms with Gasteiger partial charge in [-0.15, -0.1) is 0 Å². The normalized spacial score (nSPS) is 15.2. The summed E-state index contributed by atoms with van der Waals surface area (Å²) >= 11 is 5.89. The van der Waals surface area contributed by atoms with Gasteiger partial charge in [-0.2, -0.15) is 0 Å². The molecule has 9 heteroatoms. The zero-order valence-corrected chi connectivity index (χ0v) is 18.8. The summed E-state index contributed by atoms with van der Waals surface area (Å²) in [6, 6.07) is 11.1. The average Bonchev–Trinajstić information content (AvgIpc) is 2.89. The van der Waals surface area contributed by atoms with Crippen LogP contribution in [0.4, 0.5) is 10.5 Å². The van der Waals surface area contributed by atoms with Gasteiger partial charge < -0.3 is 4.90 Å². The van der Waals surface area contributed by atoms with Gasteiger partial charge in [0.05, 0.1) is 10.6 Å². The first-order valence-corrected chi connectivity index (χ1v) is 11.2. The Morgan fingerprint density at radius 3 is 2.30 bits per heavy atom. The Labute approximate surface area is 181 Å². The number of urea groups is 1. The number of anilines is 1. The molecule has 1 heterocycles. The Kier molecular flexibility index (Phi) is 5.95. The standard InChI is InChI=1S/C21H24ClN3O4S/c1-14-5-10-17(11-18(14)30(28,29)23-21(2,3)4)25-19(26)13-24(20(25)27)12-15-6-8-16(22)9-7-15/h5-11,23H,12-13H2,1-4H3. The number of halogens is 1. The van der Waals surface area contributed by atoms with Crippen LogP contribution in [0.1, 0.15) is 31.9 Å². The monoisotopic (exact) mass is 449 g/mol. The lowest BCUT2D eigenvalue weighted by atomic mass is 10.1. The maximum absolute atomic E-state index is 12.9. The highest BCUT2D eigenvalue weighted by Gasteiger charge is 2.37. The Balaban J connectivity index is 1.89. The van der Waals surface area contributed by atoms with Crippen LogP contribution in [0.15, 0.2) is 47.4 Å². The van der Waals surface area contributed by atoms with Crippen molar-refractivity contribution in [1.29, 1.82) is 0 Å². The van der Waals surface area contributed by atoms with Gasteiger partial charge in [0.1, 0.15) is 6.54 Å². The number of hydrogen-bond acceptors (Lipinski definition) is 4. The van der Waals surface area contributed by atoms with Crippen molar-refractivity contribution in [3.05, 3.63) is 58.6 Å². The van der Waals surface area contributed by atoms with Gasteiger partial charge in [0.15, 0.2) is 0 Å². The van der Waals surface area contributed by atoms with Crippen LogP contribution in [-0.2, 0) is 21.4 Å². The molecule has 0 unspecified atom stereocenters. The molecule has 0 aromatic heterocycles. The SMILES string of the molecule is Cc1ccc(N2C(=O)CN(Cc3ccc(Cl)cc3)C2=O)cc1S(=O)(=O)NC(C)(C)C. The van der Waals surface area contributed by atoms with Gasteiger partial charge in [0, 0.05) is 17.1 Å². The number of nitrogens with one attached hydrogen (secondary N) is 1. The molecule has 160 valence electrons. The van der Waals surface area contributed by atoms with E-state index < -0.39 is 27.5 Å². The van der Waals surface area contributed by atoms with Crippen molar-refractivity contribution in [2.24, 2.45) is 0 Å². The van der Waals surface area contributed by atoms with Crippen molar-refractivity contribution in [3.63, 3.8) is 0 Å². The summed E-state index contributed by atoms with van der Waals surface area (Å²) in [4.78, 5) is 28.0. The second-order valence-corrected chi connectivity index (χ2v) is 10.4. The summed E-state index contributed by atoms with van der Waals surface area (Å²) in [5.74, 6) is -0.412. The van der Waals surface area contributed by atoms with Crippen LogP contribution in [0, 0.1) is 6.92 Å². The van der Waals surface area contributed by atoms with Gasteiger partial charge in [-0.3, -0.25) is 4.79 Å². The second kappa shape index (κ2) is 8.02. The quantitative estimate of drug-likeness (QED) is 0.705. The summed E-state index contributed by atoms with van der Waals surface area (Å²) in [6.07, 6.45) is 0. The predicted octanol–water partition coefficient (Wildman–Crippen LogP) is 3.69. The first kappa shape index (κ1) is 22.3. The number of sulfonamides is 1. The lowest BCUT2D eigenvalue weighted by molar-refractivity contribution is -0.116. The number of nitrogens with zero attached hydrogens (tertiary/aromatic N) is 2. The number of rotatable bonds is 5. The Hall–Kier alpha value is -2.42. The Morgan fingerprint density at radius 2 is 1.70 bits per heavy atom. The van der Waals surface area contributed by atoms with Gasteiger partial charge in [-0.25, -0.2) is 22.8 Å². The first-order chi connectivity index (χ1) is 13.9. The highest BCUT2D eigenvalue weighted by atomic mass is 35.5. The first-order valence-electron chi connectivity index (χ1n) is 9.38. The molecule has 2 aromatic carbocycles. The van der Waals surface area contributed by atoms with E-state index in [0.29, 0.717) is 10.6 Å². The minimum Gasteiger partial charge on any atom is -0.310 e. The smallest absolute Gasteiger partial charge is 0.310 e. The maximum atomic E-state index is 12.9. The van der Waals surface area contributed by atoms with Crippen molar-refractivity contribution in [1.82, 2.24) is 9.62 Å². The van der Waals surface area contributed by atoms with Crippen LogP contribution in [0.5, 0.6) is 0 Å². The minimum absolute atomic E-state index is 0.0340. The van der Waals surface area contributed by atoms with Gasteiger partial charge in [0.25, 0.3) is 5.91 Å². The van der Waals surface area contributed by atoms with E-state index in [2.05, 4.69) is 4.72 Å². The molecule has 1 saturated heterocycles. The molecule has 0 bridgehead atoms. The highest BCUT2D eigenvalue weighted by Crippen LogP contribution is 2.28. The van der Waals surface area contributed by atoms with E-state index in [-0.39, 0.29) is 23.7 Å². The number of benzene rings is 2. The molecule has 0 atom stereocenters. The van der Waals surface area contributed by atoms with Gasteiger partial charge >= 0.3 is 6.03 Å². The van der Waals surface area contributed by atoms with Crippen molar-refractivity contribution < 1.29 is 18.0 Å². The third-order valence-electron chi connectivity index (χ3n) is 4.48. The molecule has 1 aliphatic rings. The summed E-state index contributed by atoms with van der Waals surface area (Å²) in [6.45, 7) is 7.06. The molecular weight excluding hydrogens is 426 g/mol. The molecule has 3 amide bonds. The molecule has 3 rings (SSSR count).